The van der Waals surface area contributed by atoms with Gasteiger partial charge in [0.1, 0.15) is 11.9 Å². The summed E-state index contributed by atoms with van der Waals surface area (Å²) in [5.41, 5.74) is 0.290. The van der Waals surface area contributed by atoms with Crippen molar-refractivity contribution in [1.82, 2.24) is 4.90 Å². The highest BCUT2D eigenvalue weighted by Crippen LogP contribution is 2.28. The lowest BCUT2D eigenvalue weighted by molar-refractivity contribution is -0.123. The van der Waals surface area contributed by atoms with Crippen LogP contribution < -0.4 is 4.90 Å². The molecule has 1 aromatic carbocycles. The van der Waals surface area contributed by atoms with Gasteiger partial charge in [-0.25, -0.2) is 9.29 Å². The van der Waals surface area contributed by atoms with Crippen molar-refractivity contribution < 1.29 is 23.2 Å². The molecule has 2 heterocycles. The molecule has 26 heavy (non-hydrogen) atoms. The summed E-state index contributed by atoms with van der Waals surface area (Å²) in [6.07, 6.45) is 1.88. The number of carbonyl (C=O) groups is 3. The summed E-state index contributed by atoms with van der Waals surface area (Å²) in [6, 6.07) is 7.05. The molecule has 1 saturated heterocycles. The van der Waals surface area contributed by atoms with Crippen molar-refractivity contribution in [2.45, 2.75) is 38.8 Å². The van der Waals surface area contributed by atoms with E-state index in [0.717, 1.165) is 4.90 Å². The normalized spacial score (nSPS) is 18.3. The molecule has 2 atom stereocenters. The molecule has 2 aromatic rings. The maximum Gasteiger partial charge on any atom is 0.290 e. The van der Waals surface area contributed by atoms with Gasteiger partial charge in [-0.2, -0.15) is 0 Å². The minimum atomic E-state index is -0.917. The molecule has 0 radical (unpaired) electrons. The molecule has 2 unspecified atom stereocenters. The molecule has 1 aliphatic heterocycles. The highest BCUT2D eigenvalue weighted by Gasteiger charge is 2.46. The Morgan fingerprint density at radius 1 is 1.31 bits per heavy atom. The number of carbonyl (C=O) groups excluding carboxylic acids is 3. The van der Waals surface area contributed by atoms with Crippen molar-refractivity contribution in [2.24, 2.45) is 0 Å². The summed E-state index contributed by atoms with van der Waals surface area (Å²) in [5.74, 6) is -1.70. The molecule has 7 heteroatoms. The Morgan fingerprint density at radius 3 is 2.58 bits per heavy atom. The van der Waals surface area contributed by atoms with Crippen molar-refractivity contribution in [2.75, 3.05) is 4.90 Å². The lowest BCUT2D eigenvalue weighted by atomic mass is 10.1. The van der Waals surface area contributed by atoms with Gasteiger partial charge in [-0.15, -0.1) is 0 Å². The summed E-state index contributed by atoms with van der Waals surface area (Å²) in [5, 5.41) is 0. The Labute approximate surface area is 150 Å². The third-order valence-corrected chi connectivity index (χ3v) is 4.58. The summed E-state index contributed by atoms with van der Waals surface area (Å²) < 4.78 is 18.3. The van der Waals surface area contributed by atoms with Crippen LogP contribution in [0.3, 0.4) is 0 Å². The van der Waals surface area contributed by atoms with Crippen LogP contribution in [-0.2, 0) is 9.59 Å². The van der Waals surface area contributed by atoms with Crippen molar-refractivity contribution in [3.05, 3.63) is 54.2 Å². The van der Waals surface area contributed by atoms with Gasteiger partial charge < -0.3 is 9.32 Å². The van der Waals surface area contributed by atoms with Gasteiger partial charge in [0.15, 0.2) is 5.76 Å². The highest BCUT2D eigenvalue weighted by molar-refractivity contribution is 6.23. The third-order valence-electron chi connectivity index (χ3n) is 4.58. The minimum absolute atomic E-state index is 0.116. The zero-order valence-corrected chi connectivity index (χ0v) is 14.5. The largest absolute Gasteiger partial charge is 0.459 e. The number of hydrogen-bond acceptors (Lipinski definition) is 4. The van der Waals surface area contributed by atoms with E-state index in [2.05, 4.69) is 0 Å². The van der Waals surface area contributed by atoms with Crippen molar-refractivity contribution in [3.63, 3.8) is 0 Å². The maximum absolute atomic E-state index is 13.1. The first-order valence-corrected chi connectivity index (χ1v) is 8.42. The van der Waals surface area contributed by atoms with E-state index in [-0.39, 0.29) is 18.2 Å². The number of amides is 3. The number of imide groups is 1. The molecular formula is C19H19FN2O4. The maximum atomic E-state index is 13.1. The summed E-state index contributed by atoms with van der Waals surface area (Å²) in [6.45, 7) is 3.71. The summed E-state index contributed by atoms with van der Waals surface area (Å²) >= 11 is 0. The van der Waals surface area contributed by atoms with Gasteiger partial charge in [0.05, 0.1) is 18.4 Å². The predicted octanol–water partition coefficient (Wildman–Crippen LogP) is 2.99. The second-order valence-corrected chi connectivity index (χ2v) is 6.21. The van der Waals surface area contributed by atoms with Crippen LogP contribution in [0.2, 0.25) is 0 Å². The molecule has 0 bridgehead atoms. The van der Waals surface area contributed by atoms with Crippen molar-refractivity contribution in [3.8, 4) is 0 Å². The van der Waals surface area contributed by atoms with Gasteiger partial charge >= 0.3 is 0 Å². The monoisotopic (exact) mass is 358 g/mol. The Hall–Kier alpha value is -2.96. The standard InChI is InChI=1S/C19H19FN2O4/c1-3-12(2)21(19(25)16-5-4-10-26-16)15-11-17(23)22(18(15)24)14-8-6-13(20)7-9-14/h4-10,12,15H,3,11H2,1-2H3. The molecule has 0 spiro atoms. The van der Waals surface area contributed by atoms with E-state index in [0.29, 0.717) is 12.1 Å². The van der Waals surface area contributed by atoms with E-state index in [1.807, 2.05) is 13.8 Å². The first kappa shape index (κ1) is 17.8. The summed E-state index contributed by atoms with van der Waals surface area (Å²) in [7, 11) is 0. The Balaban J connectivity index is 1.93. The smallest absolute Gasteiger partial charge is 0.290 e. The lowest BCUT2D eigenvalue weighted by Gasteiger charge is -2.32. The van der Waals surface area contributed by atoms with Crippen molar-refractivity contribution >= 4 is 23.4 Å². The fourth-order valence-corrected chi connectivity index (χ4v) is 3.07. The molecule has 3 amide bonds. The zero-order chi connectivity index (χ0) is 18.8. The van der Waals surface area contributed by atoms with Crippen LogP contribution in [0.4, 0.5) is 10.1 Å². The SMILES string of the molecule is CCC(C)N(C(=O)c1ccco1)C1CC(=O)N(c2ccc(F)cc2)C1=O. The molecule has 0 aliphatic carbocycles. The Kier molecular flexibility index (Phi) is 4.88. The quantitative estimate of drug-likeness (QED) is 0.771. The van der Waals surface area contributed by atoms with Crippen LogP contribution in [0.25, 0.3) is 0 Å². The number of nitrogens with zero attached hydrogens (tertiary/aromatic N) is 2. The molecule has 0 saturated carbocycles. The number of rotatable bonds is 5. The first-order chi connectivity index (χ1) is 12.4. The fraction of sp³-hybridized carbons (Fsp3) is 0.316. The zero-order valence-electron chi connectivity index (χ0n) is 14.5. The molecule has 6 nitrogen and oxygen atoms in total. The molecular weight excluding hydrogens is 339 g/mol. The second kappa shape index (κ2) is 7.11. The van der Waals surface area contributed by atoms with Crippen LogP contribution in [0, 0.1) is 5.82 Å². The van der Waals surface area contributed by atoms with Gasteiger partial charge in [-0.1, -0.05) is 6.92 Å². The van der Waals surface area contributed by atoms with Gasteiger partial charge in [-0.05, 0) is 49.7 Å². The third kappa shape index (κ3) is 3.12. The molecule has 1 fully saturated rings. The van der Waals surface area contributed by atoms with Crippen LogP contribution >= 0.6 is 0 Å². The molecule has 1 aromatic heterocycles. The Bertz CT molecular complexity index is 817. The van der Waals surface area contributed by atoms with E-state index in [4.69, 9.17) is 4.42 Å². The molecule has 136 valence electrons. The highest BCUT2D eigenvalue weighted by atomic mass is 19.1. The van der Waals surface area contributed by atoms with Gasteiger partial charge in [0.2, 0.25) is 5.91 Å². The number of benzene rings is 1. The van der Waals surface area contributed by atoms with Gasteiger partial charge in [0.25, 0.3) is 11.8 Å². The van der Waals surface area contributed by atoms with Crippen molar-refractivity contribution in [1.29, 1.82) is 0 Å². The second-order valence-electron chi connectivity index (χ2n) is 6.21. The molecule has 1 aliphatic rings. The van der Waals surface area contributed by atoms with Crippen LogP contribution in [0.5, 0.6) is 0 Å². The Morgan fingerprint density at radius 2 is 2.00 bits per heavy atom. The fourth-order valence-electron chi connectivity index (χ4n) is 3.07. The van der Waals surface area contributed by atoms with E-state index < -0.39 is 29.6 Å². The average Bonchev–Trinajstić information content (AvgIpc) is 3.25. The lowest BCUT2D eigenvalue weighted by Crippen LogP contribution is -2.49. The van der Waals surface area contributed by atoms with E-state index in [1.54, 1.807) is 6.07 Å². The average molecular weight is 358 g/mol. The number of anilines is 1. The van der Waals surface area contributed by atoms with E-state index in [9.17, 15) is 18.8 Å². The predicted molar refractivity (Wildman–Crippen MR) is 91.9 cm³/mol. The van der Waals surface area contributed by atoms with E-state index >= 15 is 0 Å². The summed E-state index contributed by atoms with van der Waals surface area (Å²) in [4.78, 5) is 40.6. The first-order valence-electron chi connectivity index (χ1n) is 8.42. The van der Waals surface area contributed by atoms with Crippen LogP contribution in [-0.4, -0.2) is 34.7 Å². The van der Waals surface area contributed by atoms with Gasteiger partial charge in [0, 0.05) is 6.04 Å². The van der Waals surface area contributed by atoms with E-state index in [1.165, 1.54) is 41.5 Å². The van der Waals surface area contributed by atoms with Crippen LogP contribution in [0.1, 0.15) is 37.2 Å². The van der Waals surface area contributed by atoms with Gasteiger partial charge in [-0.3, -0.25) is 14.4 Å². The van der Waals surface area contributed by atoms with Crippen LogP contribution in [0.15, 0.2) is 47.1 Å². The molecule has 0 N–H and O–H groups in total. The topological polar surface area (TPSA) is 70.8 Å². The number of furan rings is 1. The number of hydrogen-bond donors (Lipinski definition) is 0. The number of halogens is 1. The molecule has 3 rings (SSSR count). The minimum Gasteiger partial charge on any atom is -0.459 e.